The molecule has 2 aromatic heterocycles. The number of nitrogens with one attached hydrogen (secondary N) is 1. The van der Waals surface area contributed by atoms with Crippen LogP contribution >= 0.6 is 0 Å². The maximum atomic E-state index is 13.5. The summed E-state index contributed by atoms with van der Waals surface area (Å²) < 4.78 is 28.6. The van der Waals surface area contributed by atoms with Gasteiger partial charge in [0.1, 0.15) is 17.2 Å². The van der Waals surface area contributed by atoms with E-state index in [0.29, 0.717) is 5.69 Å². The Morgan fingerprint density at radius 1 is 1.14 bits per heavy atom. The van der Waals surface area contributed by atoms with Crippen molar-refractivity contribution in [2.75, 3.05) is 0 Å². The van der Waals surface area contributed by atoms with Crippen molar-refractivity contribution in [1.82, 2.24) is 14.9 Å². The second-order valence-electron chi connectivity index (χ2n) is 4.49. The van der Waals surface area contributed by atoms with Gasteiger partial charge in [-0.15, -0.1) is 0 Å². The Morgan fingerprint density at radius 2 is 1.90 bits per heavy atom. The van der Waals surface area contributed by atoms with Gasteiger partial charge in [-0.25, -0.2) is 13.3 Å². The summed E-state index contributed by atoms with van der Waals surface area (Å²) in [5.41, 5.74) is 0.895. The molecule has 0 spiro atoms. The van der Waals surface area contributed by atoms with Crippen LogP contribution in [0.15, 0.2) is 48.7 Å². The van der Waals surface area contributed by atoms with Gasteiger partial charge in [0.15, 0.2) is 0 Å². The fourth-order valence-electron chi connectivity index (χ4n) is 2.05. The molecule has 4 nitrogen and oxygen atoms in total. The number of hydrogen-bond acceptors (Lipinski definition) is 2. The molecule has 0 aliphatic rings. The summed E-state index contributed by atoms with van der Waals surface area (Å²) in [5, 5.41) is 6.70. The Morgan fingerprint density at radius 3 is 2.62 bits per heavy atom. The Balaban J connectivity index is 1.76. The summed E-state index contributed by atoms with van der Waals surface area (Å²) >= 11 is 0. The number of carbonyl (C=O) groups is 1. The highest BCUT2D eigenvalue weighted by atomic mass is 19.1. The van der Waals surface area contributed by atoms with Gasteiger partial charge in [-0.1, -0.05) is 12.1 Å². The molecule has 0 aliphatic heterocycles. The lowest BCUT2D eigenvalue weighted by Gasteiger charge is -2.05. The number of hydrogen-bond donors (Lipinski definition) is 1. The zero-order valence-corrected chi connectivity index (χ0v) is 10.9. The monoisotopic (exact) mass is 287 g/mol. The third-order valence-electron chi connectivity index (χ3n) is 3.04. The zero-order valence-electron chi connectivity index (χ0n) is 10.9. The first-order valence-corrected chi connectivity index (χ1v) is 6.30. The molecule has 0 aliphatic carbocycles. The zero-order chi connectivity index (χ0) is 14.8. The molecule has 3 rings (SSSR count). The molecule has 6 heteroatoms. The van der Waals surface area contributed by atoms with Crippen molar-refractivity contribution in [1.29, 1.82) is 0 Å². The van der Waals surface area contributed by atoms with Crippen LogP contribution in [-0.4, -0.2) is 15.5 Å². The number of benzene rings is 1. The molecule has 3 aromatic rings. The van der Waals surface area contributed by atoms with Crippen molar-refractivity contribution in [3.05, 3.63) is 71.6 Å². The van der Waals surface area contributed by atoms with Gasteiger partial charge in [0.2, 0.25) is 0 Å². The first kappa shape index (κ1) is 13.2. The molecule has 0 saturated carbocycles. The highest BCUT2D eigenvalue weighted by Gasteiger charge is 2.16. The number of nitrogens with zero attached hydrogens (tertiary/aromatic N) is 2. The van der Waals surface area contributed by atoms with E-state index in [2.05, 4.69) is 10.4 Å². The van der Waals surface area contributed by atoms with Gasteiger partial charge in [0, 0.05) is 6.20 Å². The van der Waals surface area contributed by atoms with Crippen molar-refractivity contribution in [2.24, 2.45) is 0 Å². The van der Waals surface area contributed by atoms with E-state index in [0.717, 1.165) is 17.6 Å². The molecule has 0 unspecified atom stereocenters. The van der Waals surface area contributed by atoms with Crippen molar-refractivity contribution in [3.63, 3.8) is 0 Å². The van der Waals surface area contributed by atoms with E-state index >= 15 is 0 Å². The van der Waals surface area contributed by atoms with Gasteiger partial charge in [-0.3, -0.25) is 4.79 Å². The lowest BCUT2D eigenvalue weighted by Crippen LogP contribution is -2.25. The quantitative estimate of drug-likeness (QED) is 0.804. The first-order valence-electron chi connectivity index (χ1n) is 6.30. The van der Waals surface area contributed by atoms with Crippen LogP contribution in [0.3, 0.4) is 0 Å². The normalized spacial score (nSPS) is 10.8. The summed E-state index contributed by atoms with van der Waals surface area (Å²) in [4.78, 5) is 11.8. The highest BCUT2D eigenvalue weighted by Crippen LogP contribution is 2.12. The lowest BCUT2D eigenvalue weighted by molar-refractivity contribution is 0.0942. The fraction of sp³-hybridized carbons (Fsp3) is 0.0667. The summed E-state index contributed by atoms with van der Waals surface area (Å²) in [6.45, 7) is 0.0916. The summed E-state index contributed by atoms with van der Waals surface area (Å²) in [6, 6.07) is 10.7. The Kier molecular flexibility index (Phi) is 3.35. The minimum absolute atomic E-state index is 0.0916. The molecule has 0 radical (unpaired) electrons. The van der Waals surface area contributed by atoms with Crippen LogP contribution in [0, 0.1) is 11.6 Å². The van der Waals surface area contributed by atoms with Gasteiger partial charge in [-0.2, -0.15) is 5.10 Å². The van der Waals surface area contributed by atoms with E-state index in [-0.39, 0.29) is 6.54 Å². The number of pyridine rings is 1. The second kappa shape index (κ2) is 5.32. The van der Waals surface area contributed by atoms with Crippen molar-refractivity contribution < 1.29 is 13.6 Å². The molecule has 0 saturated heterocycles. The predicted molar refractivity (Wildman–Crippen MR) is 72.7 cm³/mol. The predicted octanol–water partition coefficient (Wildman–Crippen LogP) is 2.54. The van der Waals surface area contributed by atoms with Gasteiger partial charge in [0.05, 0.1) is 17.8 Å². The maximum absolute atomic E-state index is 13.5. The Labute approximate surface area is 119 Å². The van der Waals surface area contributed by atoms with E-state index in [1.54, 1.807) is 16.8 Å². The van der Waals surface area contributed by atoms with Crippen LogP contribution < -0.4 is 5.32 Å². The average molecular weight is 287 g/mol. The maximum Gasteiger partial charge on any atom is 0.257 e. The largest absolute Gasteiger partial charge is 0.346 e. The van der Waals surface area contributed by atoms with Gasteiger partial charge >= 0.3 is 0 Å². The van der Waals surface area contributed by atoms with E-state index in [4.69, 9.17) is 0 Å². The van der Waals surface area contributed by atoms with Gasteiger partial charge in [0.25, 0.3) is 5.91 Å². The number of amides is 1. The van der Waals surface area contributed by atoms with Crippen LogP contribution in [0.1, 0.15) is 16.1 Å². The van der Waals surface area contributed by atoms with Crippen LogP contribution in [0.5, 0.6) is 0 Å². The molecule has 1 aromatic carbocycles. The molecule has 21 heavy (non-hydrogen) atoms. The molecule has 1 amide bonds. The third kappa shape index (κ3) is 2.60. The molecule has 0 atom stereocenters. The van der Waals surface area contributed by atoms with Crippen LogP contribution in [-0.2, 0) is 6.54 Å². The minimum Gasteiger partial charge on any atom is -0.346 e. The first-order chi connectivity index (χ1) is 10.1. The van der Waals surface area contributed by atoms with Crippen molar-refractivity contribution >= 4 is 11.4 Å². The van der Waals surface area contributed by atoms with E-state index < -0.39 is 23.1 Å². The Hall–Kier alpha value is -2.76. The molecular formula is C15H11F2N3O. The fourth-order valence-corrected chi connectivity index (χ4v) is 2.05. The second-order valence-corrected chi connectivity index (χ2v) is 4.49. The van der Waals surface area contributed by atoms with Crippen LogP contribution in [0.25, 0.3) is 5.52 Å². The summed E-state index contributed by atoms with van der Waals surface area (Å²) in [6.07, 6.45) is 1.77. The van der Waals surface area contributed by atoms with Gasteiger partial charge in [-0.05, 0) is 30.3 Å². The molecular weight excluding hydrogens is 276 g/mol. The Bertz CT molecular complexity index is 760. The van der Waals surface area contributed by atoms with Crippen LogP contribution in [0.4, 0.5) is 8.78 Å². The van der Waals surface area contributed by atoms with Gasteiger partial charge < -0.3 is 5.32 Å². The molecule has 0 bridgehead atoms. The lowest BCUT2D eigenvalue weighted by atomic mass is 10.2. The minimum atomic E-state index is -0.887. The van der Waals surface area contributed by atoms with E-state index in [1.165, 1.54) is 6.07 Å². The number of rotatable bonds is 3. The number of halogens is 2. The van der Waals surface area contributed by atoms with Crippen molar-refractivity contribution in [3.8, 4) is 0 Å². The summed E-state index contributed by atoms with van der Waals surface area (Å²) in [7, 11) is 0. The number of carbonyl (C=O) groups excluding carboxylic acids is 1. The SMILES string of the molecule is O=C(NCc1cc2ccccn2n1)c1c(F)cccc1F. The molecule has 0 fully saturated rings. The smallest absolute Gasteiger partial charge is 0.257 e. The summed E-state index contributed by atoms with van der Waals surface area (Å²) in [5.74, 6) is -2.58. The highest BCUT2D eigenvalue weighted by molar-refractivity contribution is 5.94. The average Bonchev–Trinajstić information content (AvgIpc) is 2.87. The number of fused-ring (bicyclic) bond motifs is 1. The van der Waals surface area contributed by atoms with Crippen molar-refractivity contribution in [2.45, 2.75) is 6.54 Å². The molecule has 2 heterocycles. The topological polar surface area (TPSA) is 46.4 Å². The molecule has 106 valence electrons. The van der Waals surface area contributed by atoms with E-state index in [9.17, 15) is 13.6 Å². The van der Waals surface area contributed by atoms with Crippen LogP contribution in [0.2, 0.25) is 0 Å². The van der Waals surface area contributed by atoms with E-state index in [1.807, 2.05) is 18.2 Å². The standard InChI is InChI=1S/C15H11F2N3O/c16-12-5-3-6-13(17)14(12)15(21)18-9-10-8-11-4-1-2-7-20(11)19-10/h1-8H,9H2,(H,18,21). The number of aromatic nitrogens is 2. The molecule has 1 N–H and O–H groups in total. The third-order valence-corrected chi connectivity index (χ3v) is 3.04.